The fourth-order valence-electron chi connectivity index (χ4n) is 3.48. The first-order valence-electron chi connectivity index (χ1n) is 8.82. The van der Waals surface area contributed by atoms with E-state index in [9.17, 15) is 0 Å². The fourth-order valence-corrected chi connectivity index (χ4v) is 22.5. The first kappa shape index (κ1) is 18.7. The quantitative estimate of drug-likeness (QED) is 0.287. The van der Waals surface area contributed by atoms with Gasteiger partial charge >= 0.3 is 170 Å². The van der Waals surface area contributed by atoms with Crippen molar-refractivity contribution in [3.05, 3.63) is 115 Å². The van der Waals surface area contributed by atoms with E-state index in [0.717, 1.165) is 20.9 Å². The standard InChI is InChI=1S/C12H9.2C6H5.Bi.2ClH/c1-3-7-11(8-4-1)12-9-5-2-6-10-12;2*1-2-4-6-5-3-1;;;/h1-9H;2*1-5H;;2*1H/q;;;+2;;/p-2. The van der Waals surface area contributed by atoms with Crippen molar-refractivity contribution in [1.29, 1.82) is 0 Å². The van der Waals surface area contributed by atoms with Crippen molar-refractivity contribution >= 4 is 43.2 Å². The third-order valence-electron chi connectivity index (χ3n) is 4.83. The van der Waals surface area contributed by atoms with Gasteiger partial charge in [0.25, 0.3) is 0 Å². The van der Waals surface area contributed by atoms with E-state index in [0.29, 0.717) is 0 Å². The topological polar surface area (TPSA) is 0 Å². The summed E-state index contributed by atoms with van der Waals surface area (Å²) < 4.78 is 3.11. The molecule has 0 amide bonds. The summed E-state index contributed by atoms with van der Waals surface area (Å²) in [6, 6.07) is 39.0. The van der Waals surface area contributed by atoms with Gasteiger partial charge in [-0.15, -0.1) is 0 Å². The Bertz CT molecular complexity index is 1000. The van der Waals surface area contributed by atoms with Gasteiger partial charge in [0, 0.05) is 0 Å². The van der Waals surface area contributed by atoms with Gasteiger partial charge in [0.05, 0.1) is 0 Å². The van der Waals surface area contributed by atoms with Gasteiger partial charge in [-0.1, -0.05) is 0 Å². The van der Waals surface area contributed by atoms with Crippen molar-refractivity contribution in [2.75, 3.05) is 0 Å². The zero-order valence-electron chi connectivity index (χ0n) is 14.7. The minimum absolute atomic E-state index is 1.03. The van der Waals surface area contributed by atoms with Crippen molar-refractivity contribution in [3.8, 4) is 11.1 Å². The van der Waals surface area contributed by atoms with Crippen LogP contribution in [-0.4, -0.2) is 16.4 Å². The molecule has 0 aliphatic rings. The molecule has 27 heavy (non-hydrogen) atoms. The molecule has 0 bridgehead atoms. The predicted molar refractivity (Wildman–Crippen MR) is 121 cm³/mol. The van der Waals surface area contributed by atoms with Crippen molar-refractivity contribution in [2.24, 2.45) is 0 Å². The molecule has 0 nitrogen and oxygen atoms in total. The number of rotatable bonds is 4. The van der Waals surface area contributed by atoms with E-state index in [4.69, 9.17) is 17.0 Å². The molecule has 3 heteroatoms. The van der Waals surface area contributed by atoms with Gasteiger partial charge in [0.15, 0.2) is 0 Å². The molecule has 0 saturated heterocycles. The van der Waals surface area contributed by atoms with Crippen molar-refractivity contribution in [2.45, 2.75) is 0 Å². The molecule has 4 aromatic carbocycles. The average Bonchev–Trinajstić information content (AvgIpc) is 2.76. The summed E-state index contributed by atoms with van der Waals surface area (Å²) in [5.74, 6) is 0. The summed E-state index contributed by atoms with van der Waals surface area (Å²) in [6.07, 6.45) is 0. The molecule has 0 aliphatic carbocycles. The van der Waals surface area contributed by atoms with Crippen LogP contribution in [0.1, 0.15) is 0 Å². The van der Waals surface area contributed by atoms with E-state index in [-0.39, 0.29) is 0 Å². The van der Waals surface area contributed by atoms with Crippen LogP contribution < -0.4 is 9.81 Å². The third-order valence-corrected chi connectivity index (χ3v) is 29.1. The number of halogens is 2. The van der Waals surface area contributed by atoms with Gasteiger partial charge in [0.1, 0.15) is 0 Å². The molecule has 0 aromatic heterocycles. The molecule has 0 fully saturated rings. The molecule has 0 heterocycles. The summed E-state index contributed by atoms with van der Waals surface area (Å²) in [4.78, 5) is 0. The van der Waals surface area contributed by atoms with E-state index in [2.05, 4.69) is 48.5 Å². The summed E-state index contributed by atoms with van der Waals surface area (Å²) in [6.45, 7) is 0. The Hall–Kier alpha value is -1.66. The fraction of sp³-hybridized carbons (Fsp3) is 0. The number of benzene rings is 4. The first-order valence-corrected chi connectivity index (χ1v) is 22.6. The number of hydrogen-bond donors (Lipinski definition) is 0. The van der Waals surface area contributed by atoms with Crippen LogP contribution in [-0.2, 0) is 0 Å². The van der Waals surface area contributed by atoms with Gasteiger partial charge < -0.3 is 0 Å². The molecule has 0 saturated carbocycles. The maximum atomic E-state index is 7.71. The maximum absolute atomic E-state index is 7.71. The molecule has 134 valence electrons. The van der Waals surface area contributed by atoms with Crippen LogP contribution in [0.2, 0.25) is 0 Å². The Kier molecular flexibility index (Phi) is 5.12. The van der Waals surface area contributed by atoms with Crippen molar-refractivity contribution in [3.63, 3.8) is 0 Å². The van der Waals surface area contributed by atoms with E-state index < -0.39 is 16.4 Å². The predicted octanol–water partition coefficient (Wildman–Crippen LogP) is 5.25. The normalized spacial score (nSPS) is 12.9. The molecule has 4 aromatic rings. The average molecular weight is 587 g/mol. The minimum atomic E-state index is -4.88. The number of hydrogen-bond acceptors (Lipinski definition) is 0. The molecule has 0 N–H and O–H groups in total. The van der Waals surface area contributed by atoms with Gasteiger partial charge in [-0.05, 0) is 0 Å². The molecular formula is C24H19BiCl2. The summed E-state index contributed by atoms with van der Waals surface area (Å²) in [5.41, 5.74) is 2.23. The summed E-state index contributed by atoms with van der Waals surface area (Å²) >= 11 is -4.88. The molecule has 0 unspecified atom stereocenters. The van der Waals surface area contributed by atoms with Crippen LogP contribution in [0.3, 0.4) is 0 Å². The van der Waals surface area contributed by atoms with Gasteiger partial charge in [-0.25, -0.2) is 0 Å². The van der Waals surface area contributed by atoms with Crippen LogP contribution in [0.4, 0.5) is 0 Å². The zero-order chi connectivity index (χ0) is 18.8. The Labute approximate surface area is 168 Å². The summed E-state index contributed by atoms with van der Waals surface area (Å²) in [7, 11) is 15.4. The third kappa shape index (κ3) is 3.23. The van der Waals surface area contributed by atoms with Gasteiger partial charge in [-0.3, -0.25) is 0 Å². The SMILES string of the molecule is [Cl][Bi]([Cl])([c]1ccccc1)([c]1ccccc1)[c]1ccccc1-c1ccccc1. The second-order valence-corrected chi connectivity index (χ2v) is 32.8. The van der Waals surface area contributed by atoms with Crippen LogP contribution in [0.5, 0.6) is 0 Å². The van der Waals surface area contributed by atoms with Gasteiger partial charge in [0.2, 0.25) is 0 Å². The molecule has 0 spiro atoms. The van der Waals surface area contributed by atoms with Crippen LogP contribution in [0.15, 0.2) is 115 Å². The Balaban J connectivity index is 2.09. The molecule has 0 aliphatic heterocycles. The monoisotopic (exact) mass is 586 g/mol. The molecule has 0 radical (unpaired) electrons. The molecule has 4 rings (SSSR count). The van der Waals surface area contributed by atoms with Crippen LogP contribution in [0, 0.1) is 0 Å². The molecule has 0 atom stereocenters. The van der Waals surface area contributed by atoms with Gasteiger partial charge in [-0.2, -0.15) is 0 Å². The van der Waals surface area contributed by atoms with Crippen molar-refractivity contribution in [1.82, 2.24) is 0 Å². The van der Waals surface area contributed by atoms with E-state index in [1.54, 1.807) is 0 Å². The van der Waals surface area contributed by atoms with E-state index in [1.807, 2.05) is 66.7 Å². The Morgan fingerprint density at radius 2 is 0.852 bits per heavy atom. The Morgan fingerprint density at radius 1 is 0.444 bits per heavy atom. The van der Waals surface area contributed by atoms with E-state index >= 15 is 0 Å². The second-order valence-electron chi connectivity index (χ2n) is 6.46. The molecular weight excluding hydrogens is 568 g/mol. The van der Waals surface area contributed by atoms with Crippen LogP contribution in [0.25, 0.3) is 11.1 Å². The van der Waals surface area contributed by atoms with E-state index in [1.165, 1.54) is 0 Å². The first-order chi connectivity index (χ1) is 13.1. The summed E-state index contributed by atoms with van der Waals surface area (Å²) in [5, 5.41) is 0. The van der Waals surface area contributed by atoms with Crippen LogP contribution >= 0.6 is 17.0 Å². The van der Waals surface area contributed by atoms with Crippen molar-refractivity contribution < 1.29 is 0 Å². The Morgan fingerprint density at radius 3 is 1.37 bits per heavy atom. The zero-order valence-corrected chi connectivity index (χ0v) is 19.7. The second kappa shape index (κ2) is 7.40.